The van der Waals surface area contributed by atoms with Gasteiger partial charge in [-0.05, 0) is 34.1 Å². The van der Waals surface area contributed by atoms with Gasteiger partial charge in [0.2, 0.25) is 0 Å². The highest BCUT2D eigenvalue weighted by Crippen LogP contribution is 2.27. The van der Waals surface area contributed by atoms with Gasteiger partial charge >= 0.3 is 0 Å². The summed E-state index contributed by atoms with van der Waals surface area (Å²) in [6, 6.07) is 7.32. The predicted octanol–water partition coefficient (Wildman–Crippen LogP) is 3.48. The van der Waals surface area contributed by atoms with Gasteiger partial charge in [-0.25, -0.2) is 15.8 Å². The summed E-state index contributed by atoms with van der Waals surface area (Å²) < 4.78 is 0.848. The van der Waals surface area contributed by atoms with Gasteiger partial charge in [0.05, 0.1) is 5.02 Å². The fraction of sp³-hybridized carbons (Fsp3) is 0.167. The average Bonchev–Trinajstić information content (AvgIpc) is 2.42. The number of nitrogens with one attached hydrogen (secondary N) is 2. The molecule has 2 aromatic rings. The van der Waals surface area contributed by atoms with E-state index < -0.39 is 0 Å². The summed E-state index contributed by atoms with van der Waals surface area (Å²) in [5.74, 6) is 7.33. The van der Waals surface area contributed by atoms with E-state index in [9.17, 15) is 0 Å². The van der Waals surface area contributed by atoms with Crippen LogP contribution >= 0.6 is 27.5 Å². The summed E-state index contributed by atoms with van der Waals surface area (Å²) in [4.78, 5) is 8.60. The van der Waals surface area contributed by atoms with Crippen molar-refractivity contribution in [1.82, 2.24) is 9.97 Å². The van der Waals surface area contributed by atoms with E-state index in [1.165, 1.54) is 0 Å². The smallest absolute Gasteiger partial charge is 0.145 e. The first-order valence-corrected chi connectivity index (χ1v) is 6.86. The van der Waals surface area contributed by atoms with Gasteiger partial charge in [-0.2, -0.15) is 0 Å². The van der Waals surface area contributed by atoms with Crippen LogP contribution in [-0.2, 0) is 6.42 Å². The number of aromatic nitrogens is 2. The molecule has 0 radical (unpaired) electrons. The van der Waals surface area contributed by atoms with Crippen LogP contribution in [0.4, 0.5) is 17.3 Å². The van der Waals surface area contributed by atoms with E-state index in [1.54, 1.807) is 6.07 Å². The number of hydrogen-bond donors (Lipinski definition) is 3. The molecule has 0 aliphatic carbocycles. The standard InChI is InChI=1S/C12H13BrClN5/c1-2-10-17-11(6-12(18-10)19-15)16-7-3-4-8(13)9(14)5-7/h3-6H,2,15H2,1H3,(H2,16,17,18,19). The van der Waals surface area contributed by atoms with Crippen LogP contribution in [0.25, 0.3) is 0 Å². The largest absolute Gasteiger partial charge is 0.340 e. The molecule has 0 aliphatic rings. The van der Waals surface area contributed by atoms with E-state index in [4.69, 9.17) is 17.4 Å². The Morgan fingerprint density at radius 2 is 2.00 bits per heavy atom. The molecule has 1 heterocycles. The Hall–Kier alpha value is -1.37. The van der Waals surface area contributed by atoms with Crippen molar-refractivity contribution in [3.05, 3.63) is 39.6 Å². The summed E-state index contributed by atoms with van der Waals surface area (Å²) in [7, 11) is 0. The van der Waals surface area contributed by atoms with E-state index in [1.807, 2.05) is 25.1 Å². The predicted molar refractivity (Wildman–Crippen MR) is 81.7 cm³/mol. The molecular formula is C12H13BrClN5. The van der Waals surface area contributed by atoms with Gasteiger partial charge in [0, 0.05) is 22.6 Å². The van der Waals surface area contributed by atoms with Gasteiger partial charge in [-0.15, -0.1) is 0 Å². The van der Waals surface area contributed by atoms with Crippen molar-refractivity contribution < 1.29 is 0 Å². The van der Waals surface area contributed by atoms with Crippen molar-refractivity contribution in [1.29, 1.82) is 0 Å². The van der Waals surface area contributed by atoms with E-state index in [2.05, 4.69) is 36.6 Å². The Balaban J connectivity index is 2.29. The molecular weight excluding hydrogens is 330 g/mol. The zero-order valence-corrected chi connectivity index (χ0v) is 12.6. The second-order valence-corrected chi connectivity index (χ2v) is 5.07. The molecule has 100 valence electrons. The summed E-state index contributed by atoms with van der Waals surface area (Å²) in [5, 5.41) is 3.80. The zero-order chi connectivity index (χ0) is 13.8. The van der Waals surface area contributed by atoms with Gasteiger partial charge in [0.1, 0.15) is 17.5 Å². The van der Waals surface area contributed by atoms with Crippen molar-refractivity contribution in [2.24, 2.45) is 5.84 Å². The Bertz CT molecular complexity index is 568. The van der Waals surface area contributed by atoms with Crippen LogP contribution < -0.4 is 16.6 Å². The second-order valence-electron chi connectivity index (χ2n) is 3.81. The van der Waals surface area contributed by atoms with Crippen LogP contribution in [0.1, 0.15) is 12.7 Å². The maximum absolute atomic E-state index is 6.05. The summed E-state index contributed by atoms with van der Waals surface area (Å²) in [6.07, 6.45) is 0.727. The third-order valence-electron chi connectivity index (χ3n) is 2.43. The first-order chi connectivity index (χ1) is 9.12. The summed E-state index contributed by atoms with van der Waals surface area (Å²) >= 11 is 9.39. The van der Waals surface area contributed by atoms with Crippen molar-refractivity contribution in [2.45, 2.75) is 13.3 Å². The van der Waals surface area contributed by atoms with Crippen molar-refractivity contribution in [2.75, 3.05) is 10.7 Å². The maximum atomic E-state index is 6.05. The molecule has 0 fully saturated rings. The third kappa shape index (κ3) is 3.56. The number of nitrogens with two attached hydrogens (primary N) is 1. The molecule has 1 aromatic carbocycles. The molecule has 19 heavy (non-hydrogen) atoms. The van der Waals surface area contributed by atoms with Crippen LogP contribution in [0.2, 0.25) is 5.02 Å². The number of benzene rings is 1. The van der Waals surface area contributed by atoms with E-state index >= 15 is 0 Å². The number of aryl methyl sites for hydroxylation is 1. The van der Waals surface area contributed by atoms with E-state index in [0.717, 1.165) is 16.6 Å². The second kappa shape index (κ2) is 6.18. The number of nitrogen functional groups attached to an aromatic ring is 1. The molecule has 7 heteroatoms. The molecule has 0 amide bonds. The van der Waals surface area contributed by atoms with E-state index in [-0.39, 0.29) is 0 Å². The first kappa shape index (κ1) is 14.0. The Morgan fingerprint density at radius 3 is 2.63 bits per heavy atom. The molecule has 0 spiro atoms. The lowest BCUT2D eigenvalue weighted by molar-refractivity contribution is 0.941. The number of halogens is 2. The molecule has 0 bridgehead atoms. The first-order valence-electron chi connectivity index (χ1n) is 5.69. The highest BCUT2D eigenvalue weighted by atomic mass is 79.9. The number of hydrazine groups is 1. The molecule has 0 atom stereocenters. The van der Waals surface area contributed by atoms with Gasteiger partial charge in [-0.1, -0.05) is 18.5 Å². The molecule has 2 rings (SSSR count). The molecule has 5 nitrogen and oxygen atoms in total. The summed E-state index contributed by atoms with van der Waals surface area (Å²) in [5.41, 5.74) is 3.37. The molecule has 0 saturated heterocycles. The quantitative estimate of drug-likeness (QED) is 0.586. The number of rotatable bonds is 4. The Kier molecular flexibility index (Phi) is 4.57. The van der Waals surface area contributed by atoms with Crippen molar-refractivity contribution in [3.63, 3.8) is 0 Å². The minimum Gasteiger partial charge on any atom is -0.340 e. The van der Waals surface area contributed by atoms with E-state index in [0.29, 0.717) is 22.5 Å². The fourth-order valence-electron chi connectivity index (χ4n) is 1.51. The van der Waals surface area contributed by atoms with Crippen LogP contribution in [0, 0.1) is 0 Å². The highest BCUT2D eigenvalue weighted by molar-refractivity contribution is 9.10. The normalized spacial score (nSPS) is 10.3. The SMILES string of the molecule is CCc1nc(NN)cc(Nc2ccc(Br)c(Cl)c2)n1. The highest BCUT2D eigenvalue weighted by Gasteiger charge is 2.04. The third-order valence-corrected chi connectivity index (χ3v) is 3.66. The lowest BCUT2D eigenvalue weighted by Gasteiger charge is -2.09. The van der Waals surface area contributed by atoms with Gasteiger partial charge < -0.3 is 10.7 Å². The zero-order valence-electron chi connectivity index (χ0n) is 10.2. The monoisotopic (exact) mass is 341 g/mol. The lowest BCUT2D eigenvalue weighted by Crippen LogP contribution is -2.11. The maximum Gasteiger partial charge on any atom is 0.145 e. The number of nitrogens with zero attached hydrogens (tertiary/aromatic N) is 2. The Morgan fingerprint density at radius 1 is 1.26 bits per heavy atom. The molecule has 0 unspecified atom stereocenters. The fourth-order valence-corrected chi connectivity index (χ4v) is 1.94. The number of hydrogen-bond acceptors (Lipinski definition) is 5. The van der Waals surface area contributed by atoms with Crippen LogP contribution in [-0.4, -0.2) is 9.97 Å². The van der Waals surface area contributed by atoms with Crippen molar-refractivity contribution >= 4 is 44.9 Å². The average molecular weight is 343 g/mol. The number of anilines is 3. The minimum absolute atomic E-state index is 0.567. The minimum atomic E-state index is 0.567. The Labute approximate surface area is 124 Å². The van der Waals surface area contributed by atoms with Gasteiger partial charge in [-0.3, -0.25) is 0 Å². The molecule has 1 aromatic heterocycles. The van der Waals surface area contributed by atoms with Crippen LogP contribution in [0.5, 0.6) is 0 Å². The van der Waals surface area contributed by atoms with Crippen LogP contribution in [0.3, 0.4) is 0 Å². The molecule has 0 aliphatic heterocycles. The van der Waals surface area contributed by atoms with Gasteiger partial charge in [0.25, 0.3) is 0 Å². The molecule has 0 saturated carbocycles. The van der Waals surface area contributed by atoms with Gasteiger partial charge in [0.15, 0.2) is 0 Å². The van der Waals surface area contributed by atoms with Crippen LogP contribution in [0.15, 0.2) is 28.7 Å². The van der Waals surface area contributed by atoms with Crippen molar-refractivity contribution in [3.8, 4) is 0 Å². The topological polar surface area (TPSA) is 75.9 Å². The molecule has 4 N–H and O–H groups in total. The lowest BCUT2D eigenvalue weighted by atomic mass is 10.3. The summed E-state index contributed by atoms with van der Waals surface area (Å²) in [6.45, 7) is 1.98.